The Morgan fingerprint density at radius 2 is 2.27 bits per heavy atom. The number of hydrogen-bond donors (Lipinski definition) is 1. The topological polar surface area (TPSA) is 63.1 Å². The molecule has 2 aliphatic rings. The molecule has 6 nitrogen and oxygen atoms in total. The van der Waals surface area contributed by atoms with E-state index in [2.05, 4.69) is 15.4 Å². The summed E-state index contributed by atoms with van der Waals surface area (Å²) in [5.74, 6) is 0.600. The molecule has 1 aliphatic carbocycles. The van der Waals surface area contributed by atoms with E-state index >= 15 is 0 Å². The van der Waals surface area contributed by atoms with Crippen LogP contribution in [0.1, 0.15) is 32.6 Å². The summed E-state index contributed by atoms with van der Waals surface area (Å²) in [6.07, 6.45) is 6.17. The molecule has 1 aliphatic heterocycles. The average molecular weight is 309 g/mol. The maximum atomic E-state index is 13.3. The molecule has 1 saturated carbocycles. The number of amides is 1. The van der Waals surface area contributed by atoms with Gasteiger partial charge in [0.25, 0.3) is 0 Å². The van der Waals surface area contributed by atoms with Gasteiger partial charge in [-0.1, -0.05) is 0 Å². The van der Waals surface area contributed by atoms with Crippen LogP contribution >= 0.6 is 0 Å². The minimum atomic E-state index is -0.863. The molecule has 4 unspecified atom stereocenters. The van der Waals surface area contributed by atoms with Crippen LogP contribution < -0.4 is 5.32 Å². The van der Waals surface area contributed by atoms with Gasteiger partial charge < -0.3 is 10.2 Å². The summed E-state index contributed by atoms with van der Waals surface area (Å²) in [4.78, 5) is 17.8. The predicted octanol–water partition coefficient (Wildman–Crippen LogP) is 0.995. The quantitative estimate of drug-likeness (QED) is 0.881. The van der Waals surface area contributed by atoms with Crippen molar-refractivity contribution in [2.75, 3.05) is 13.1 Å². The van der Waals surface area contributed by atoms with E-state index in [1.165, 1.54) is 0 Å². The third-order valence-electron chi connectivity index (χ3n) is 4.84. The summed E-state index contributed by atoms with van der Waals surface area (Å²) in [7, 11) is 0. The van der Waals surface area contributed by atoms with Gasteiger partial charge in [-0.15, -0.1) is 0 Å². The van der Waals surface area contributed by atoms with Crippen molar-refractivity contribution in [2.24, 2.45) is 5.92 Å². The van der Waals surface area contributed by atoms with Crippen LogP contribution in [-0.4, -0.2) is 56.9 Å². The van der Waals surface area contributed by atoms with Crippen LogP contribution in [0.4, 0.5) is 4.39 Å². The van der Waals surface area contributed by atoms with Gasteiger partial charge in [0, 0.05) is 25.0 Å². The zero-order valence-corrected chi connectivity index (χ0v) is 13.0. The maximum absolute atomic E-state index is 13.3. The van der Waals surface area contributed by atoms with E-state index in [1.54, 1.807) is 17.6 Å². The molecule has 3 rings (SSSR count). The van der Waals surface area contributed by atoms with Crippen molar-refractivity contribution < 1.29 is 9.18 Å². The number of hydrogen-bond acceptors (Lipinski definition) is 4. The van der Waals surface area contributed by atoms with Crippen LogP contribution in [0.25, 0.3) is 0 Å². The number of rotatable bonds is 5. The summed E-state index contributed by atoms with van der Waals surface area (Å²) in [6, 6.07) is 0.393. The van der Waals surface area contributed by atoms with Gasteiger partial charge in [0.15, 0.2) is 0 Å². The fourth-order valence-corrected chi connectivity index (χ4v) is 3.66. The highest BCUT2D eigenvalue weighted by Crippen LogP contribution is 2.27. The highest BCUT2D eigenvalue weighted by atomic mass is 19.1. The lowest BCUT2D eigenvalue weighted by Gasteiger charge is -2.22. The number of carbonyl (C=O) groups is 1. The third-order valence-corrected chi connectivity index (χ3v) is 4.84. The van der Waals surface area contributed by atoms with Gasteiger partial charge in [-0.25, -0.2) is 9.37 Å². The molecule has 1 aromatic heterocycles. The van der Waals surface area contributed by atoms with Gasteiger partial charge >= 0.3 is 0 Å². The first-order valence-electron chi connectivity index (χ1n) is 8.11. The molecule has 4 atom stereocenters. The molecule has 2 heterocycles. The average Bonchev–Trinajstić information content (AvgIpc) is 3.19. The van der Waals surface area contributed by atoms with Crippen LogP contribution in [0.5, 0.6) is 0 Å². The van der Waals surface area contributed by atoms with Crippen LogP contribution in [-0.2, 0) is 11.3 Å². The van der Waals surface area contributed by atoms with Gasteiger partial charge in [-0.2, -0.15) is 5.10 Å². The lowest BCUT2D eigenvalue weighted by atomic mass is 10.1. The van der Waals surface area contributed by atoms with E-state index in [9.17, 15) is 9.18 Å². The van der Waals surface area contributed by atoms with Gasteiger partial charge in [-0.3, -0.25) is 9.48 Å². The second-order valence-corrected chi connectivity index (χ2v) is 6.60. The highest BCUT2D eigenvalue weighted by molar-refractivity contribution is 5.79. The molecule has 0 bridgehead atoms. The molecule has 0 spiro atoms. The number of carbonyl (C=O) groups excluding carboxylic acids is 1. The Hall–Kier alpha value is -1.50. The minimum Gasteiger partial charge on any atom is -0.336 e. The van der Waals surface area contributed by atoms with Crippen molar-refractivity contribution in [1.29, 1.82) is 0 Å². The summed E-state index contributed by atoms with van der Waals surface area (Å²) in [5.41, 5.74) is 0. The number of nitrogens with zero attached hydrogens (tertiary/aromatic N) is 4. The van der Waals surface area contributed by atoms with Crippen molar-refractivity contribution in [2.45, 2.75) is 57.4 Å². The summed E-state index contributed by atoms with van der Waals surface area (Å²) in [6.45, 7) is 3.37. The number of alkyl halides is 1. The lowest BCUT2D eigenvalue weighted by molar-refractivity contribution is -0.131. The highest BCUT2D eigenvalue weighted by Gasteiger charge is 2.32. The molecule has 22 heavy (non-hydrogen) atoms. The van der Waals surface area contributed by atoms with E-state index < -0.39 is 6.17 Å². The van der Waals surface area contributed by atoms with E-state index in [1.807, 2.05) is 11.6 Å². The zero-order chi connectivity index (χ0) is 15.5. The first-order chi connectivity index (χ1) is 10.6. The van der Waals surface area contributed by atoms with E-state index in [-0.39, 0.29) is 18.5 Å². The molecule has 1 N–H and O–H groups in total. The number of likely N-dealkylation sites (tertiary alicyclic amines) is 1. The Balaban J connectivity index is 1.40. The SMILES string of the molecule is CC1CC(F)CN1C(=O)CNC1CCC(Cn2cncn2)C1. The molecular formula is C15H24FN5O. The molecule has 2 fully saturated rings. The molecule has 7 heteroatoms. The predicted molar refractivity (Wildman–Crippen MR) is 79.8 cm³/mol. The van der Waals surface area contributed by atoms with E-state index in [0.29, 0.717) is 24.9 Å². The largest absolute Gasteiger partial charge is 0.336 e. The molecule has 0 radical (unpaired) electrons. The van der Waals surface area contributed by atoms with Gasteiger partial charge in [0.1, 0.15) is 18.8 Å². The molecular weight excluding hydrogens is 285 g/mol. The molecule has 1 amide bonds. The first kappa shape index (κ1) is 15.4. The standard InChI is InChI=1S/C15H24FN5O/c1-11-4-13(16)8-21(11)15(22)6-18-14-3-2-12(5-14)7-20-10-17-9-19-20/h9-14,18H,2-8H2,1H3. The normalized spacial score (nSPS) is 31.8. The molecule has 0 aromatic carbocycles. The first-order valence-corrected chi connectivity index (χ1v) is 8.11. The monoisotopic (exact) mass is 309 g/mol. The Morgan fingerprint density at radius 3 is 2.95 bits per heavy atom. The Morgan fingerprint density at radius 1 is 1.41 bits per heavy atom. The summed E-state index contributed by atoms with van der Waals surface area (Å²) in [5, 5.41) is 7.48. The van der Waals surface area contributed by atoms with Crippen LogP contribution in [0, 0.1) is 5.92 Å². The second kappa shape index (κ2) is 6.73. The van der Waals surface area contributed by atoms with Crippen molar-refractivity contribution >= 4 is 5.91 Å². The number of halogens is 1. The summed E-state index contributed by atoms with van der Waals surface area (Å²) < 4.78 is 15.2. The lowest BCUT2D eigenvalue weighted by Crippen LogP contribution is -2.42. The van der Waals surface area contributed by atoms with E-state index in [0.717, 1.165) is 25.8 Å². The summed E-state index contributed by atoms with van der Waals surface area (Å²) >= 11 is 0. The fourth-order valence-electron chi connectivity index (χ4n) is 3.66. The Labute approximate surface area is 130 Å². The van der Waals surface area contributed by atoms with Crippen molar-refractivity contribution in [3.05, 3.63) is 12.7 Å². The number of aromatic nitrogens is 3. The molecule has 1 aromatic rings. The fraction of sp³-hybridized carbons (Fsp3) is 0.800. The minimum absolute atomic E-state index is 0.0207. The Kier molecular flexibility index (Phi) is 4.71. The van der Waals surface area contributed by atoms with Gasteiger partial charge in [-0.05, 0) is 32.1 Å². The Bertz CT molecular complexity index is 494. The van der Waals surface area contributed by atoms with Crippen LogP contribution in [0.15, 0.2) is 12.7 Å². The van der Waals surface area contributed by atoms with Crippen LogP contribution in [0.2, 0.25) is 0 Å². The zero-order valence-electron chi connectivity index (χ0n) is 13.0. The van der Waals surface area contributed by atoms with Crippen LogP contribution in [0.3, 0.4) is 0 Å². The maximum Gasteiger partial charge on any atom is 0.236 e. The smallest absolute Gasteiger partial charge is 0.236 e. The van der Waals surface area contributed by atoms with Crippen molar-refractivity contribution in [3.63, 3.8) is 0 Å². The third kappa shape index (κ3) is 3.63. The van der Waals surface area contributed by atoms with Gasteiger partial charge in [0.2, 0.25) is 5.91 Å². The second-order valence-electron chi connectivity index (χ2n) is 6.60. The van der Waals surface area contributed by atoms with Crippen molar-refractivity contribution in [3.8, 4) is 0 Å². The molecule has 122 valence electrons. The number of nitrogens with one attached hydrogen (secondary N) is 1. The van der Waals surface area contributed by atoms with Crippen molar-refractivity contribution in [1.82, 2.24) is 25.0 Å². The van der Waals surface area contributed by atoms with Gasteiger partial charge in [0.05, 0.1) is 13.1 Å². The van der Waals surface area contributed by atoms with E-state index in [4.69, 9.17) is 0 Å². The molecule has 1 saturated heterocycles.